The molecule has 0 fully saturated rings. The molecule has 136 valence electrons. The first kappa shape index (κ1) is 21.0. The van der Waals surface area contributed by atoms with E-state index in [9.17, 15) is 4.79 Å². The lowest BCUT2D eigenvalue weighted by molar-refractivity contribution is 0.0514. The van der Waals surface area contributed by atoms with Crippen LogP contribution in [0.15, 0.2) is 28.7 Å². The molecule has 2 unspecified atom stereocenters. The highest BCUT2D eigenvalue weighted by molar-refractivity contribution is 9.10. The summed E-state index contributed by atoms with van der Waals surface area (Å²) >= 11 is 3.60. The maximum atomic E-state index is 11.8. The van der Waals surface area contributed by atoms with Crippen molar-refractivity contribution in [2.45, 2.75) is 53.2 Å². The van der Waals surface area contributed by atoms with Crippen LogP contribution >= 0.6 is 15.9 Å². The molecule has 5 heteroatoms. The van der Waals surface area contributed by atoms with Gasteiger partial charge in [-0.2, -0.15) is 0 Å². The first-order valence-electron chi connectivity index (χ1n) is 8.55. The fraction of sp³-hybridized carbons (Fsp3) is 0.632. The summed E-state index contributed by atoms with van der Waals surface area (Å²) in [6.07, 6.45) is -0.355. The third kappa shape index (κ3) is 7.67. The maximum absolute atomic E-state index is 11.8. The van der Waals surface area contributed by atoms with Gasteiger partial charge in [0.1, 0.15) is 5.60 Å². The van der Waals surface area contributed by atoms with Gasteiger partial charge in [-0.05, 0) is 51.2 Å². The number of amides is 1. The number of rotatable bonds is 7. The number of hydrogen-bond donors (Lipinski definition) is 2. The zero-order chi connectivity index (χ0) is 18.3. The van der Waals surface area contributed by atoms with Crippen LogP contribution in [0.25, 0.3) is 0 Å². The minimum Gasteiger partial charge on any atom is -0.444 e. The van der Waals surface area contributed by atoms with Gasteiger partial charge in [-0.15, -0.1) is 0 Å². The second kappa shape index (κ2) is 9.42. The van der Waals surface area contributed by atoms with Crippen LogP contribution in [0.5, 0.6) is 0 Å². The summed E-state index contributed by atoms with van der Waals surface area (Å²) in [4.78, 5) is 11.8. The van der Waals surface area contributed by atoms with Gasteiger partial charge in [0.05, 0.1) is 0 Å². The van der Waals surface area contributed by atoms with Crippen LogP contribution in [0.1, 0.15) is 53.1 Å². The van der Waals surface area contributed by atoms with E-state index in [4.69, 9.17) is 4.74 Å². The van der Waals surface area contributed by atoms with Gasteiger partial charge in [-0.25, -0.2) is 4.79 Å². The summed E-state index contributed by atoms with van der Waals surface area (Å²) < 4.78 is 6.41. The Morgan fingerprint density at radius 1 is 1.17 bits per heavy atom. The Labute approximate surface area is 154 Å². The number of hydrogen-bond acceptors (Lipinski definition) is 3. The molecule has 0 saturated carbocycles. The lowest BCUT2D eigenvalue weighted by atomic mass is 9.95. The van der Waals surface area contributed by atoms with E-state index in [0.717, 1.165) is 11.0 Å². The molecule has 1 rings (SSSR count). The van der Waals surface area contributed by atoms with Crippen LogP contribution < -0.4 is 10.6 Å². The largest absolute Gasteiger partial charge is 0.444 e. The Hall–Kier alpha value is -1.07. The number of ether oxygens (including phenoxy) is 1. The zero-order valence-corrected chi connectivity index (χ0v) is 17.2. The maximum Gasteiger partial charge on any atom is 0.407 e. The lowest BCUT2D eigenvalue weighted by Gasteiger charge is -2.26. The molecular weight excluding hydrogens is 368 g/mol. The van der Waals surface area contributed by atoms with Gasteiger partial charge in [-0.3, -0.25) is 0 Å². The van der Waals surface area contributed by atoms with Gasteiger partial charge in [-0.1, -0.05) is 48.0 Å². The molecule has 1 aromatic rings. The molecule has 2 N–H and O–H groups in total. The fourth-order valence-electron chi connectivity index (χ4n) is 2.34. The summed E-state index contributed by atoms with van der Waals surface area (Å²) in [6, 6.07) is 8.47. The molecule has 0 radical (unpaired) electrons. The lowest BCUT2D eigenvalue weighted by Crippen LogP contribution is -2.40. The Morgan fingerprint density at radius 2 is 1.79 bits per heavy atom. The molecule has 0 saturated heterocycles. The van der Waals surface area contributed by atoms with Gasteiger partial charge in [0.15, 0.2) is 0 Å². The van der Waals surface area contributed by atoms with Crippen LogP contribution in [0.4, 0.5) is 4.79 Å². The monoisotopic (exact) mass is 398 g/mol. The predicted molar refractivity (Wildman–Crippen MR) is 103 cm³/mol. The zero-order valence-electron chi connectivity index (χ0n) is 15.7. The van der Waals surface area contributed by atoms with Crippen molar-refractivity contribution < 1.29 is 9.53 Å². The Morgan fingerprint density at radius 3 is 2.33 bits per heavy atom. The van der Waals surface area contributed by atoms with E-state index in [2.05, 4.69) is 59.5 Å². The highest BCUT2D eigenvalue weighted by Gasteiger charge is 2.20. The van der Waals surface area contributed by atoms with Crippen LogP contribution in [-0.4, -0.2) is 24.8 Å². The first-order valence-corrected chi connectivity index (χ1v) is 9.34. The second-order valence-electron chi connectivity index (χ2n) is 7.54. The number of carbonyl (C=O) groups is 1. The topological polar surface area (TPSA) is 50.4 Å². The van der Waals surface area contributed by atoms with Gasteiger partial charge >= 0.3 is 6.09 Å². The summed E-state index contributed by atoms with van der Waals surface area (Å²) in [6.45, 7) is 13.5. The second-order valence-corrected chi connectivity index (χ2v) is 8.39. The van der Waals surface area contributed by atoms with Gasteiger partial charge in [0.25, 0.3) is 0 Å². The summed E-state index contributed by atoms with van der Waals surface area (Å²) in [7, 11) is 0. The quantitative estimate of drug-likeness (QED) is 0.686. The third-order valence-electron chi connectivity index (χ3n) is 3.91. The molecule has 24 heavy (non-hydrogen) atoms. The number of carbonyl (C=O) groups excluding carboxylic acids is 1. The van der Waals surface area contributed by atoms with Gasteiger partial charge < -0.3 is 15.4 Å². The highest BCUT2D eigenvalue weighted by atomic mass is 79.9. The van der Waals surface area contributed by atoms with E-state index in [0.29, 0.717) is 18.4 Å². The van der Waals surface area contributed by atoms with Crippen molar-refractivity contribution in [2.24, 2.45) is 11.8 Å². The molecule has 0 bridgehead atoms. The molecular formula is C19H31BrN2O2. The molecule has 4 nitrogen and oxygen atoms in total. The fourth-order valence-corrected chi connectivity index (χ4v) is 2.96. The Kier molecular flexibility index (Phi) is 8.23. The molecule has 1 amide bonds. The average molecular weight is 399 g/mol. The van der Waals surface area contributed by atoms with E-state index in [1.54, 1.807) is 0 Å². The van der Waals surface area contributed by atoms with Gasteiger partial charge in [0, 0.05) is 23.6 Å². The first-order chi connectivity index (χ1) is 11.1. The van der Waals surface area contributed by atoms with E-state index in [1.807, 2.05) is 32.9 Å². The van der Waals surface area contributed by atoms with E-state index < -0.39 is 5.60 Å². The number of alkyl carbamates (subject to hydrolysis) is 1. The molecule has 1 aromatic carbocycles. The van der Waals surface area contributed by atoms with Crippen LogP contribution in [0, 0.1) is 11.8 Å². The molecule has 0 spiro atoms. The normalized spacial score (nSPS) is 14.3. The third-order valence-corrected chi connectivity index (χ3v) is 4.63. The molecule has 0 aliphatic carbocycles. The summed E-state index contributed by atoms with van der Waals surface area (Å²) in [5.41, 5.74) is 0.768. The van der Waals surface area contributed by atoms with Crippen molar-refractivity contribution in [1.29, 1.82) is 0 Å². The van der Waals surface area contributed by atoms with Crippen LogP contribution in [0.2, 0.25) is 0 Å². The van der Waals surface area contributed by atoms with Crippen molar-refractivity contribution in [3.63, 3.8) is 0 Å². The van der Waals surface area contributed by atoms with Crippen molar-refractivity contribution in [1.82, 2.24) is 10.6 Å². The van der Waals surface area contributed by atoms with Gasteiger partial charge in [0.2, 0.25) is 0 Å². The molecule has 2 atom stereocenters. The summed E-state index contributed by atoms with van der Waals surface area (Å²) in [5, 5.41) is 6.46. The Bertz CT molecular complexity index is 526. The average Bonchev–Trinajstić information content (AvgIpc) is 2.45. The molecule has 0 aliphatic rings. The van der Waals surface area contributed by atoms with Crippen molar-refractivity contribution >= 4 is 22.0 Å². The number of halogens is 1. The van der Waals surface area contributed by atoms with E-state index in [-0.39, 0.29) is 12.1 Å². The minimum absolute atomic E-state index is 0.239. The van der Waals surface area contributed by atoms with Crippen LogP contribution in [0.3, 0.4) is 0 Å². The predicted octanol–water partition coefficient (Wildman–Crippen LogP) is 4.90. The number of nitrogens with one attached hydrogen (secondary N) is 2. The van der Waals surface area contributed by atoms with Crippen molar-refractivity contribution in [3.8, 4) is 0 Å². The SMILES string of the molecule is CC(NCC(CNC(=O)OC(C)(C)C)C(C)C)c1ccccc1Br. The smallest absolute Gasteiger partial charge is 0.407 e. The standard InChI is InChI=1S/C19H31BrN2O2/c1-13(2)15(12-22-18(23)24-19(4,5)6)11-21-14(3)16-9-7-8-10-17(16)20/h7-10,13-15,21H,11-12H2,1-6H3,(H,22,23). The molecule has 0 aliphatic heterocycles. The number of benzene rings is 1. The Balaban J connectivity index is 2.52. The molecule has 0 aromatic heterocycles. The minimum atomic E-state index is -0.468. The van der Waals surface area contributed by atoms with E-state index >= 15 is 0 Å². The molecule has 0 heterocycles. The highest BCUT2D eigenvalue weighted by Crippen LogP contribution is 2.23. The van der Waals surface area contributed by atoms with Crippen molar-refractivity contribution in [3.05, 3.63) is 34.3 Å². The summed E-state index contributed by atoms with van der Waals surface area (Å²) in [5.74, 6) is 0.793. The van der Waals surface area contributed by atoms with Crippen LogP contribution in [-0.2, 0) is 4.74 Å². The van der Waals surface area contributed by atoms with Crippen molar-refractivity contribution in [2.75, 3.05) is 13.1 Å². The van der Waals surface area contributed by atoms with E-state index in [1.165, 1.54) is 5.56 Å².